The molecule has 0 unspecified atom stereocenters. The lowest BCUT2D eigenvalue weighted by atomic mass is 10.4. The average molecular weight is 296 g/mol. The standard InChI is InChI=1S/C13H24N6O2/c1-6-7-21-13-17-11(14-4)16-12(18-13)19(5)8-10(20)15-9(2)3/h9H,6-8H2,1-5H3,(H,15,20)(H,14,16,17,18). The third kappa shape index (κ3) is 5.80. The van der Waals surface area contributed by atoms with Gasteiger partial charge >= 0.3 is 6.01 Å². The molecule has 0 aliphatic rings. The second kappa shape index (κ2) is 8.23. The SMILES string of the molecule is CCCOc1nc(NC)nc(N(C)CC(=O)NC(C)C)n1. The first kappa shape index (κ1) is 16.9. The predicted molar refractivity (Wildman–Crippen MR) is 81.7 cm³/mol. The third-order valence-electron chi connectivity index (χ3n) is 2.43. The van der Waals surface area contributed by atoms with Crippen molar-refractivity contribution in [2.75, 3.05) is 37.5 Å². The zero-order valence-electron chi connectivity index (χ0n) is 13.3. The first-order chi connectivity index (χ1) is 9.96. The van der Waals surface area contributed by atoms with Crippen LogP contribution < -0.4 is 20.3 Å². The molecule has 8 nitrogen and oxygen atoms in total. The Kier molecular flexibility index (Phi) is 6.64. The van der Waals surface area contributed by atoms with Crippen molar-refractivity contribution in [3.05, 3.63) is 0 Å². The molecule has 1 rings (SSSR count). The number of anilines is 2. The fourth-order valence-electron chi connectivity index (χ4n) is 1.54. The van der Waals surface area contributed by atoms with Crippen molar-refractivity contribution in [1.82, 2.24) is 20.3 Å². The van der Waals surface area contributed by atoms with Gasteiger partial charge in [0.15, 0.2) is 0 Å². The molecule has 2 N–H and O–H groups in total. The van der Waals surface area contributed by atoms with E-state index < -0.39 is 0 Å². The molecule has 0 aromatic carbocycles. The molecule has 118 valence electrons. The maximum atomic E-state index is 11.8. The highest BCUT2D eigenvalue weighted by Gasteiger charge is 2.14. The van der Waals surface area contributed by atoms with Crippen molar-refractivity contribution < 1.29 is 9.53 Å². The van der Waals surface area contributed by atoms with Crippen LogP contribution in [0.25, 0.3) is 0 Å². The number of nitrogens with one attached hydrogen (secondary N) is 2. The lowest BCUT2D eigenvalue weighted by Gasteiger charge is -2.18. The van der Waals surface area contributed by atoms with E-state index in [0.717, 1.165) is 6.42 Å². The molecule has 1 aromatic rings. The smallest absolute Gasteiger partial charge is 0.323 e. The molecule has 1 amide bonds. The minimum Gasteiger partial charge on any atom is -0.463 e. The zero-order valence-corrected chi connectivity index (χ0v) is 13.3. The summed E-state index contributed by atoms with van der Waals surface area (Å²) in [5.74, 6) is 0.705. The van der Waals surface area contributed by atoms with Gasteiger partial charge in [0.2, 0.25) is 17.8 Å². The molecule has 1 heterocycles. The van der Waals surface area contributed by atoms with E-state index in [1.54, 1.807) is 19.0 Å². The molecule has 0 aliphatic heterocycles. The van der Waals surface area contributed by atoms with Gasteiger partial charge in [0.05, 0.1) is 13.2 Å². The number of carbonyl (C=O) groups excluding carboxylic acids is 1. The van der Waals surface area contributed by atoms with Crippen LogP contribution in [0.1, 0.15) is 27.2 Å². The van der Waals surface area contributed by atoms with Gasteiger partial charge in [-0.2, -0.15) is 15.0 Å². The normalized spacial score (nSPS) is 10.4. The number of nitrogens with zero attached hydrogens (tertiary/aromatic N) is 4. The summed E-state index contributed by atoms with van der Waals surface area (Å²) in [6.07, 6.45) is 0.864. The number of carbonyl (C=O) groups is 1. The number of likely N-dealkylation sites (N-methyl/N-ethyl adjacent to an activating group) is 1. The van der Waals surface area contributed by atoms with Crippen LogP contribution >= 0.6 is 0 Å². The molecule has 0 bridgehead atoms. The molecule has 0 radical (unpaired) electrons. The summed E-state index contributed by atoms with van der Waals surface area (Å²) in [5, 5.41) is 5.68. The van der Waals surface area contributed by atoms with E-state index in [9.17, 15) is 4.79 Å². The second-order valence-corrected chi connectivity index (χ2v) is 4.92. The molecule has 0 atom stereocenters. The monoisotopic (exact) mass is 296 g/mol. The summed E-state index contributed by atoms with van der Waals surface area (Å²) in [5.41, 5.74) is 0. The highest BCUT2D eigenvalue weighted by molar-refractivity contribution is 5.80. The molecule has 21 heavy (non-hydrogen) atoms. The van der Waals surface area contributed by atoms with Crippen molar-refractivity contribution in [1.29, 1.82) is 0 Å². The van der Waals surface area contributed by atoms with E-state index in [1.807, 2.05) is 20.8 Å². The van der Waals surface area contributed by atoms with E-state index in [-0.39, 0.29) is 24.5 Å². The number of hydrogen-bond donors (Lipinski definition) is 2. The molecule has 0 fully saturated rings. The molecule has 8 heteroatoms. The maximum absolute atomic E-state index is 11.8. The Bertz CT molecular complexity index is 466. The predicted octanol–water partition coefficient (Wildman–Crippen LogP) is 0.663. The summed E-state index contributed by atoms with van der Waals surface area (Å²) >= 11 is 0. The molecule has 0 saturated carbocycles. The number of hydrogen-bond acceptors (Lipinski definition) is 7. The lowest BCUT2D eigenvalue weighted by Crippen LogP contribution is -2.39. The topological polar surface area (TPSA) is 92.3 Å². The lowest BCUT2D eigenvalue weighted by molar-refractivity contribution is -0.120. The van der Waals surface area contributed by atoms with Crippen LogP contribution in [0.4, 0.5) is 11.9 Å². The van der Waals surface area contributed by atoms with E-state index in [2.05, 4.69) is 25.6 Å². The molecule has 0 aliphatic carbocycles. The Morgan fingerprint density at radius 3 is 2.62 bits per heavy atom. The average Bonchev–Trinajstić information content (AvgIpc) is 2.43. The van der Waals surface area contributed by atoms with Crippen LogP contribution in [0.15, 0.2) is 0 Å². The van der Waals surface area contributed by atoms with Crippen LogP contribution in [0.2, 0.25) is 0 Å². The molecular formula is C13H24N6O2. The van der Waals surface area contributed by atoms with Gasteiger partial charge in [-0.15, -0.1) is 0 Å². The van der Waals surface area contributed by atoms with Crippen molar-refractivity contribution in [2.24, 2.45) is 0 Å². The minimum absolute atomic E-state index is 0.0880. The largest absolute Gasteiger partial charge is 0.463 e. The van der Waals surface area contributed by atoms with Crippen LogP contribution in [-0.2, 0) is 4.79 Å². The first-order valence-corrected chi connectivity index (χ1v) is 7.03. The quantitative estimate of drug-likeness (QED) is 0.728. The Morgan fingerprint density at radius 2 is 2.05 bits per heavy atom. The van der Waals surface area contributed by atoms with Crippen molar-refractivity contribution in [2.45, 2.75) is 33.2 Å². The van der Waals surface area contributed by atoms with Crippen molar-refractivity contribution in [3.63, 3.8) is 0 Å². The summed E-state index contributed by atoms with van der Waals surface area (Å²) in [6, 6.07) is 0.350. The van der Waals surface area contributed by atoms with Gasteiger partial charge in [-0.25, -0.2) is 0 Å². The number of rotatable bonds is 8. The zero-order chi connectivity index (χ0) is 15.8. The molecule has 0 spiro atoms. The van der Waals surface area contributed by atoms with Crippen LogP contribution in [-0.4, -0.2) is 54.1 Å². The van der Waals surface area contributed by atoms with Crippen LogP contribution in [0.3, 0.4) is 0 Å². The molecule has 1 aromatic heterocycles. The van der Waals surface area contributed by atoms with Gasteiger partial charge in [-0.1, -0.05) is 6.92 Å². The van der Waals surface area contributed by atoms with Crippen LogP contribution in [0, 0.1) is 0 Å². The second-order valence-electron chi connectivity index (χ2n) is 4.92. The molecular weight excluding hydrogens is 272 g/mol. The highest BCUT2D eigenvalue weighted by Crippen LogP contribution is 2.13. The Morgan fingerprint density at radius 1 is 1.33 bits per heavy atom. The summed E-state index contributed by atoms with van der Waals surface area (Å²) in [4.78, 5) is 26.0. The summed E-state index contributed by atoms with van der Waals surface area (Å²) in [6.45, 7) is 6.53. The van der Waals surface area contributed by atoms with Gasteiger partial charge in [0, 0.05) is 20.1 Å². The van der Waals surface area contributed by atoms with E-state index >= 15 is 0 Å². The number of ether oxygens (including phenoxy) is 1. The van der Waals surface area contributed by atoms with Crippen LogP contribution in [0.5, 0.6) is 6.01 Å². The summed E-state index contributed by atoms with van der Waals surface area (Å²) < 4.78 is 5.43. The fraction of sp³-hybridized carbons (Fsp3) is 0.692. The number of amides is 1. The minimum atomic E-state index is -0.0880. The first-order valence-electron chi connectivity index (χ1n) is 7.03. The van der Waals surface area contributed by atoms with Crippen molar-refractivity contribution >= 4 is 17.8 Å². The van der Waals surface area contributed by atoms with E-state index in [1.165, 1.54) is 0 Å². The van der Waals surface area contributed by atoms with Gasteiger partial charge in [0.1, 0.15) is 0 Å². The van der Waals surface area contributed by atoms with Gasteiger partial charge in [-0.05, 0) is 20.3 Å². The van der Waals surface area contributed by atoms with Gasteiger partial charge in [0.25, 0.3) is 0 Å². The number of aromatic nitrogens is 3. The fourth-order valence-corrected chi connectivity index (χ4v) is 1.54. The van der Waals surface area contributed by atoms with Gasteiger partial charge < -0.3 is 20.3 Å². The summed E-state index contributed by atoms with van der Waals surface area (Å²) in [7, 11) is 3.46. The Hall–Kier alpha value is -2.12. The van der Waals surface area contributed by atoms with E-state index in [0.29, 0.717) is 18.5 Å². The molecule has 0 saturated heterocycles. The third-order valence-corrected chi connectivity index (χ3v) is 2.43. The Balaban J connectivity index is 2.81. The van der Waals surface area contributed by atoms with E-state index in [4.69, 9.17) is 4.74 Å². The van der Waals surface area contributed by atoms with Gasteiger partial charge in [-0.3, -0.25) is 4.79 Å². The van der Waals surface area contributed by atoms with Crippen molar-refractivity contribution in [3.8, 4) is 6.01 Å². The maximum Gasteiger partial charge on any atom is 0.323 e. The highest BCUT2D eigenvalue weighted by atomic mass is 16.5. The Labute approximate surface area is 125 Å².